The summed E-state index contributed by atoms with van der Waals surface area (Å²) in [6.07, 6.45) is 0.818. The number of nitrogens with one attached hydrogen (secondary N) is 2. The van der Waals surface area contributed by atoms with Gasteiger partial charge in [0.05, 0.1) is 0 Å². The average molecular weight is 395 g/mol. The predicted molar refractivity (Wildman–Crippen MR) is 105 cm³/mol. The van der Waals surface area contributed by atoms with Gasteiger partial charge in [-0.05, 0) is 51.0 Å². The lowest BCUT2D eigenvalue weighted by atomic mass is 9.99. The molecule has 0 radical (unpaired) electrons. The molecule has 7 nitrogen and oxygen atoms in total. The van der Waals surface area contributed by atoms with Gasteiger partial charge in [0.2, 0.25) is 5.91 Å². The van der Waals surface area contributed by atoms with Gasteiger partial charge in [0, 0.05) is 42.3 Å². The molecular weight excluding hydrogens is 368 g/mol. The van der Waals surface area contributed by atoms with Crippen molar-refractivity contribution in [2.45, 2.75) is 57.3 Å². The van der Waals surface area contributed by atoms with Crippen molar-refractivity contribution >= 4 is 29.3 Å². The lowest BCUT2D eigenvalue weighted by Gasteiger charge is -2.37. The summed E-state index contributed by atoms with van der Waals surface area (Å²) in [4.78, 5) is 26.4. The summed E-state index contributed by atoms with van der Waals surface area (Å²) < 4.78 is 5.39. The van der Waals surface area contributed by atoms with E-state index in [0.29, 0.717) is 31.0 Å². The number of anilines is 1. The van der Waals surface area contributed by atoms with Gasteiger partial charge in [-0.25, -0.2) is 4.79 Å². The Morgan fingerprint density at radius 1 is 1.37 bits per heavy atom. The number of likely N-dealkylation sites (tertiary alicyclic amines) is 1. The highest BCUT2D eigenvalue weighted by molar-refractivity contribution is 6.30. The molecule has 1 aromatic carbocycles. The first kappa shape index (κ1) is 19.8. The van der Waals surface area contributed by atoms with Gasteiger partial charge in [-0.15, -0.1) is 0 Å². The molecule has 1 saturated heterocycles. The number of piperidine rings is 1. The van der Waals surface area contributed by atoms with E-state index < -0.39 is 5.60 Å². The molecule has 27 heavy (non-hydrogen) atoms. The molecule has 4 N–H and O–H groups in total. The number of fused-ring (bicyclic) bond motifs is 1. The Morgan fingerprint density at radius 2 is 2.11 bits per heavy atom. The topological polar surface area (TPSA) is 96.7 Å². The summed E-state index contributed by atoms with van der Waals surface area (Å²) in [6, 6.07) is 4.71. The minimum absolute atomic E-state index is 0.0894. The van der Waals surface area contributed by atoms with Crippen molar-refractivity contribution in [3.05, 3.63) is 28.8 Å². The molecule has 2 amide bonds. The summed E-state index contributed by atoms with van der Waals surface area (Å²) in [7, 11) is 0. The first-order chi connectivity index (χ1) is 12.6. The van der Waals surface area contributed by atoms with E-state index in [9.17, 15) is 9.59 Å². The van der Waals surface area contributed by atoms with Gasteiger partial charge in [0.1, 0.15) is 11.6 Å². The second-order valence-corrected chi connectivity index (χ2v) is 8.63. The number of carbonyl (C=O) groups is 2. The molecule has 0 aromatic heterocycles. The van der Waals surface area contributed by atoms with Gasteiger partial charge in [-0.3, -0.25) is 4.79 Å². The van der Waals surface area contributed by atoms with Crippen molar-refractivity contribution < 1.29 is 14.3 Å². The van der Waals surface area contributed by atoms with E-state index in [0.717, 1.165) is 11.3 Å². The van der Waals surface area contributed by atoms with E-state index in [-0.39, 0.29) is 30.1 Å². The summed E-state index contributed by atoms with van der Waals surface area (Å²) in [5, 5.41) is 6.91. The molecule has 1 fully saturated rings. The van der Waals surface area contributed by atoms with Gasteiger partial charge in [-0.1, -0.05) is 11.6 Å². The summed E-state index contributed by atoms with van der Waals surface area (Å²) in [5.41, 5.74) is 7.64. The molecular formula is C19H27ClN4O3. The fourth-order valence-corrected chi connectivity index (χ4v) is 3.62. The molecule has 1 unspecified atom stereocenters. The van der Waals surface area contributed by atoms with Crippen molar-refractivity contribution in [3.63, 3.8) is 0 Å². The Balaban J connectivity index is 1.52. The number of nitrogens with zero attached hydrogens (tertiary/aromatic N) is 1. The van der Waals surface area contributed by atoms with Crippen molar-refractivity contribution in [1.29, 1.82) is 0 Å². The normalized spacial score (nSPS) is 24.8. The zero-order chi connectivity index (χ0) is 19.8. The number of carbonyl (C=O) groups excluding carboxylic acids is 2. The number of ether oxygens (including phenoxy) is 1. The largest absolute Gasteiger partial charge is 0.444 e. The highest BCUT2D eigenvalue weighted by Gasteiger charge is 2.34. The molecule has 2 heterocycles. The van der Waals surface area contributed by atoms with Gasteiger partial charge < -0.3 is 26.0 Å². The molecule has 3 atom stereocenters. The zero-order valence-electron chi connectivity index (χ0n) is 15.9. The Hall–Kier alpha value is -1.99. The Kier molecular flexibility index (Phi) is 5.53. The smallest absolute Gasteiger partial charge is 0.410 e. The quantitative estimate of drug-likeness (QED) is 0.714. The zero-order valence-corrected chi connectivity index (χ0v) is 16.7. The van der Waals surface area contributed by atoms with Gasteiger partial charge >= 0.3 is 6.09 Å². The van der Waals surface area contributed by atoms with Crippen LogP contribution in [0.4, 0.5) is 10.5 Å². The molecule has 8 heteroatoms. The fraction of sp³-hybridized carbons (Fsp3) is 0.579. The number of hydrogen-bond acceptors (Lipinski definition) is 5. The van der Waals surface area contributed by atoms with Crippen LogP contribution < -0.4 is 16.4 Å². The first-order valence-corrected chi connectivity index (χ1v) is 9.59. The molecule has 0 spiro atoms. The lowest BCUT2D eigenvalue weighted by Crippen LogP contribution is -2.60. The molecule has 1 aromatic rings. The minimum Gasteiger partial charge on any atom is -0.444 e. The summed E-state index contributed by atoms with van der Waals surface area (Å²) >= 11 is 6.02. The van der Waals surface area contributed by atoms with Crippen LogP contribution in [0.25, 0.3) is 0 Å². The lowest BCUT2D eigenvalue weighted by molar-refractivity contribution is -0.122. The number of benzene rings is 1. The number of rotatable bonds is 2. The SMILES string of the molecule is CC(C)(C)OC(=O)N1CC[C@H](NC(=O)C2Cc3cc(Cl)ccc3N2)[C@H](N)C1. The van der Waals surface area contributed by atoms with Gasteiger partial charge in [-0.2, -0.15) is 0 Å². The van der Waals surface area contributed by atoms with Gasteiger partial charge in [0.15, 0.2) is 0 Å². The monoisotopic (exact) mass is 394 g/mol. The standard InChI is InChI=1S/C19H27ClN4O3/c1-19(2,3)27-18(26)24-7-6-15(13(21)10-24)23-17(25)16-9-11-8-12(20)4-5-14(11)22-16/h4-5,8,13,15-16,22H,6-7,9-10,21H2,1-3H3,(H,23,25)/t13-,15+,16?/m1/s1. The molecule has 0 bridgehead atoms. The third-order valence-electron chi connectivity index (χ3n) is 4.77. The molecule has 2 aliphatic heterocycles. The maximum Gasteiger partial charge on any atom is 0.410 e. The maximum absolute atomic E-state index is 12.6. The van der Waals surface area contributed by atoms with Crippen LogP contribution in [0.15, 0.2) is 18.2 Å². The van der Waals surface area contributed by atoms with Crippen LogP contribution in [-0.4, -0.2) is 53.7 Å². The van der Waals surface area contributed by atoms with Gasteiger partial charge in [0.25, 0.3) is 0 Å². The van der Waals surface area contributed by atoms with E-state index in [1.54, 1.807) is 11.0 Å². The number of amides is 2. The Labute approximate surface area is 164 Å². The van der Waals surface area contributed by atoms with Crippen molar-refractivity contribution in [1.82, 2.24) is 10.2 Å². The molecule has 148 valence electrons. The Morgan fingerprint density at radius 3 is 2.78 bits per heavy atom. The number of hydrogen-bond donors (Lipinski definition) is 3. The summed E-state index contributed by atoms with van der Waals surface area (Å²) in [6.45, 7) is 6.35. The second kappa shape index (κ2) is 7.56. The van der Waals surface area contributed by atoms with Crippen LogP contribution in [0.2, 0.25) is 5.02 Å². The van der Waals surface area contributed by atoms with Crippen LogP contribution in [0.3, 0.4) is 0 Å². The second-order valence-electron chi connectivity index (χ2n) is 8.20. The highest BCUT2D eigenvalue weighted by Crippen LogP contribution is 2.28. The highest BCUT2D eigenvalue weighted by atomic mass is 35.5. The predicted octanol–water partition coefficient (Wildman–Crippen LogP) is 2.13. The Bertz CT molecular complexity index is 734. The third kappa shape index (κ3) is 4.84. The first-order valence-electron chi connectivity index (χ1n) is 9.21. The average Bonchev–Trinajstić information content (AvgIpc) is 2.98. The number of nitrogens with two attached hydrogens (primary N) is 1. The van der Waals surface area contributed by atoms with Crippen LogP contribution in [0, 0.1) is 0 Å². The molecule has 0 aliphatic carbocycles. The van der Waals surface area contributed by atoms with Crippen LogP contribution in [-0.2, 0) is 16.0 Å². The fourth-order valence-electron chi connectivity index (χ4n) is 3.43. The molecule has 3 rings (SSSR count). The van der Waals surface area contributed by atoms with E-state index in [4.69, 9.17) is 22.1 Å². The minimum atomic E-state index is -0.543. The van der Waals surface area contributed by atoms with Crippen LogP contribution >= 0.6 is 11.6 Å². The van der Waals surface area contributed by atoms with E-state index in [2.05, 4.69) is 10.6 Å². The molecule has 0 saturated carbocycles. The van der Waals surface area contributed by atoms with E-state index in [1.165, 1.54) is 0 Å². The number of halogens is 1. The third-order valence-corrected chi connectivity index (χ3v) is 5.01. The van der Waals surface area contributed by atoms with Crippen molar-refractivity contribution in [2.24, 2.45) is 5.73 Å². The van der Waals surface area contributed by atoms with Crippen molar-refractivity contribution in [3.8, 4) is 0 Å². The maximum atomic E-state index is 12.6. The molecule has 2 aliphatic rings. The van der Waals surface area contributed by atoms with E-state index >= 15 is 0 Å². The van der Waals surface area contributed by atoms with Crippen molar-refractivity contribution in [2.75, 3.05) is 18.4 Å². The van der Waals surface area contributed by atoms with Crippen LogP contribution in [0.5, 0.6) is 0 Å². The van der Waals surface area contributed by atoms with E-state index in [1.807, 2.05) is 32.9 Å². The summed E-state index contributed by atoms with van der Waals surface area (Å²) in [5.74, 6) is -0.0894. The van der Waals surface area contributed by atoms with Crippen LogP contribution in [0.1, 0.15) is 32.8 Å².